The Hall–Kier alpha value is -1.73. The SMILES string of the molecule is CCC(C(=O)NN)n1cnc2sc(C)c(C)c2c1=O. The summed E-state index contributed by atoms with van der Waals surface area (Å²) >= 11 is 1.49. The van der Waals surface area contributed by atoms with Gasteiger partial charge in [-0.2, -0.15) is 0 Å². The molecule has 2 rings (SSSR count). The zero-order chi connectivity index (χ0) is 14.2. The summed E-state index contributed by atoms with van der Waals surface area (Å²) in [5.74, 6) is 4.76. The highest BCUT2D eigenvalue weighted by atomic mass is 32.1. The normalized spacial score (nSPS) is 12.6. The maximum atomic E-state index is 12.5. The van der Waals surface area contributed by atoms with Crippen LogP contribution in [0.3, 0.4) is 0 Å². The molecule has 1 unspecified atom stereocenters. The van der Waals surface area contributed by atoms with E-state index >= 15 is 0 Å². The zero-order valence-corrected chi connectivity index (χ0v) is 11.9. The molecule has 0 aromatic carbocycles. The first-order valence-electron chi connectivity index (χ1n) is 5.98. The second-order valence-electron chi connectivity index (χ2n) is 4.35. The molecule has 2 aromatic rings. The number of nitrogens with one attached hydrogen (secondary N) is 1. The fourth-order valence-electron chi connectivity index (χ4n) is 2.07. The summed E-state index contributed by atoms with van der Waals surface area (Å²) in [5, 5.41) is 0.591. The molecule has 0 saturated heterocycles. The van der Waals surface area contributed by atoms with Crippen molar-refractivity contribution in [2.75, 3.05) is 0 Å². The number of carbonyl (C=O) groups is 1. The molecule has 19 heavy (non-hydrogen) atoms. The van der Waals surface area contributed by atoms with Gasteiger partial charge in [-0.25, -0.2) is 10.8 Å². The van der Waals surface area contributed by atoms with Gasteiger partial charge in [-0.05, 0) is 25.8 Å². The van der Waals surface area contributed by atoms with E-state index in [9.17, 15) is 9.59 Å². The van der Waals surface area contributed by atoms with Crippen LogP contribution in [0.15, 0.2) is 11.1 Å². The Morgan fingerprint density at radius 3 is 2.84 bits per heavy atom. The fraction of sp³-hybridized carbons (Fsp3) is 0.417. The number of nitrogens with zero attached hydrogens (tertiary/aromatic N) is 2. The van der Waals surface area contributed by atoms with Crippen LogP contribution >= 0.6 is 11.3 Å². The Bertz CT molecular complexity index is 689. The molecule has 3 N–H and O–H groups in total. The van der Waals surface area contributed by atoms with Gasteiger partial charge in [-0.15, -0.1) is 11.3 Å². The minimum atomic E-state index is -0.631. The monoisotopic (exact) mass is 280 g/mol. The molecule has 0 aliphatic heterocycles. The average molecular weight is 280 g/mol. The third-order valence-electron chi connectivity index (χ3n) is 3.28. The largest absolute Gasteiger partial charge is 0.292 e. The van der Waals surface area contributed by atoms with Gasteiger partial charge in [0.15, 0.2) is 0 Å². The van der Waals surface area contributed by atoms with Crippen LogP contribution in [-0.4, -0.2) is 15.5 Å². The molecule has 102 valence electrons. The highest BCUT2D eigenvalue weighted by Gasteiger charge is 2.21. The highest BCUT2D eigenvalue weighted by molar-refractivity contribution is 7.18. The number of hydrogen-bond donors (Lipinski definition) is 2. The summed E-state index contributed by atoms with van der Waals surface area (Å²) in [7, 11) is 0. The van der Waals surface area contributed by atoms with E-state index in [1.807, 2.05) is 20.8 Å². The number of rotatable bonds is 3. The Balaban J connectivity index is 2.69. The van der Waals surface area contributed by atoms with Crippen molar-refractivity contribution in [1.29, 1.82) is 0 Å². The Morgan fingerprint density at radius 2 is 2.26 bits per heavy atom. The van der Waals surface area contributed by atoms with Gasteiger partial charge in [0.05, 0.1) is 11.7 Å². The fourth-order valence-corrected chi connectivity index (χ4v) is 3.06. The van der Waals surface area contributed by atoms with Gasteiger partial charge in [-0.3, -0.25) is 19.6 Å². The van der Waals surface area contributed by atoms with Crippen molar-refractivity contribution in [3.05, 3.63) is 27.1 Å². The molecule has 1 amide bonds. The standard InChI is InChI=1S/C12H16N4O2S/c1-4-8(10(17)15-13)16-5-14-11-9(12(16)18)6(2)7(3)19-11/h5,8H,4,13H2,1-3H3,(H,15,17). The van der Waals surface area contributed by atoms with Crippen molar-refractivity contribution < 1.29 is 4.79 Å². The maximum absolute atomic E-state index is 12.5. The van der Waals surface area contributed by atoms with Crippen LogP contribution in [0.2, 0.25) is 0 Å². The number of hydrazine groups is 1. The molecule has 2 aromatic heterocycles. The lowest BCUT2D eigenvalue weighted by atomic mass is 10.2. The molecule has 0 radical (unpaired) electrons. The first-order valence-corrected chi connectivity index (χ1v) is 6.80. The molecule has 0 fully saturated rings. The van der Waals surface area contributed by atoms with Crippen LogP contribution in [0.25, 0.3) is 10.2 Å². The molecule has 0 spiro atoms. The van der Waals surface area contributed by atoms with Crippen molar-refractivity contribution in [2.24, 2.45) is 5.84 Å². The van der Waals surface area contributed by atoms with Gasteiger partial charge in [0.1, 0.15) is 10.9 Å². The predicted octanol–water partition coefficient (Wildman–Crippen LogP) is 1.02. The third kappa shape index (κ3) is 2.15. The summed E-state index contributed by atoms with van der Waals surface area (Å²) in [4.78, 5) is 30.2. The lowest BCUT2D eigenvalue weighted by Gasteiger charge is -2.15. The lowest BCUT2D eigenvalue weighted by molar-refractivity contribution is -0.124. The van der Waals surface area contributed by atoms with E-state index in [-0.39, 0.29) is 5.56 Å². The Labute approximate surface area is 114 Å². The number of amides is 1. The molecular weight excluding hydrogens is 264 g/mol. The summed E-state index contributed by atoms with van der Waals surface area (Å²) in [5.41, 5.74) is 2.82. The molecule has 1 atom stereocenters. The van der Waals surface area contributed by atoms with Crippen molar-refractivity contribution in [1.82, 2.24) is 15.0 Å². The quantitative estimate of drug-likeness (QED) is 0.499. The Kier molecular flexibility index (Phi) is 3.68. The smallest absolute Gasteiger partial charge is 0.263 e. The van der Waals surface area contributed by atoms with Crippen molar-refractivity contribution >= 4 is 27.5 Å². The van der Waals surface area contributed by atoms with Crippen LogP contribution in [0.5, 0.6) is 0 Å². The number of nitrogens with two attached hydrogens (primary N) is 1. The molecule has 0 aliphatic rings. The topological polar surface area (TPSA) is 90.0 Å². The number of aromatic nitrogens is 2. The first-order chi connectivity index (χ1) is 9.01. The Morgan fingerprint density at radius 1 is 1.58 bits per heavy atom. The van der Waals surface area contributed by atoms with E-state index < -0.39 is 11.9 Å². The molecule has 0 bridgehead atoms. The molecule has 0 aliphatic carbocycles. The van der Waals surface area contributed by atoms with Crippen LogP contribution in [0.1, 0.15) is 29.8 Å². The summed E-state index contributed by atoms with van der Waals surface area (Å²) in [6, 6.07) is -0.631. The lowest BCUT2D eigenvalue weighted by Crippen LogP contribution is -2.40. The number of thiophene rings is 1. The van der Waals surface area contributed by atoms with Gasteiger partial charge >= 0.3 is 0 Å². The maximum Gasteiger partial charge on any atom is 0.263 e. The molecule has 0 saturated carbocycles. The van der Waals surface area contributed by atoms with Crippen LogP contribution in [-0.2, 0) is 4.79 Å². The highest BCUT2D eigenvalue weighted by Crippen LogP contribution is 2.26. The second-order valence-corrected chi connectivity index (χ2v) is 5.56. The molecule has 7 heteroatoms. The summed E-state index contributed by atoms with van der Waals surface area (Å²) < 4.78 is 1.35. The molecule has 6 nitrogen and oxygen atoms in total. The van der Waals surface area contributed by atoms with E-state index in [1.165, 1.54) is 22.2 Å². The predicted molar refractivity (Wildman–Crippen MR) is 75.0 cm³/mol. The summed E-state index contributed by atoms with van der Waals surface area (Å²) in [6.45, 7) is 5.67. The van der Waals surface area contributed by atoms with E-state index in [2.05, 4.69) is 10.4 Å². The van der Waals surface area contributed by atoms with Gasteiger partial charge in [0.25, 0.3) is 11.5 Å². The van der Waals surface area contributed by atoms with Crippen molar-refractivity contribution in [2.45, 2.75) is 33.2 Å². The number of hydrogen-bond acceptors (Lipinski definition) is 5. The number of carbonyl (C=O) groups excluding carboxylic acids is 1. The van der Waals surface area contributed by atoms with Gasteiger partial charge in [0.2, 0.25) is 0 Å². The van der Waals surface area contributed by atoms with Crippen molar-refractivity contribution in [3.8, 4) is 0 Å². The summed E-state index contributed by atoms with van der Waals surface area (Å²) in [6.07, 6.45) is 1.89. The minimum absolute atomic E-state index is 0.192. The number of aryl methyl sites for hydroxylation is 2. The van der Waals surface area contributed by atoms with Gasteiger partial charge < -0.3 is 0 Å². The van der Waals surface area contributed by atoms with Crippen LogP contribution < -0.4 is 16.8 Å². The molecule has 2 heterocycles. The third-order valence-corrected chi connectivity index (χ3v) is 4.40. The van der Waals surface area contributed by atoms with E-state index in [4.69, 9.17) is 5.84 Å². The van der Waals surface area contributed by atoms with Crippen molar-refractivity contribution in [3.63, 3.8) is 0 Å². The molecular formula is C12H16N4O2S. The van der Waals surface area contributed by atoms with Gasteiger partial charge in [-0.1, -0.05) is 6.92 Å². The first kappa shape index (κ1) is 13.7. The van der Waals surface area contributed by atoms with Gasteiger partial charge in [0, 0.05) is 4.88 Å². The van der Waals surface area contributed by atoms with Crippen LogP contribution in [0.4, 0.5) is 0 Å². The van der Waals surface area contributed by atoms with E-state index in [1.54, 1.807) is 0 Å². The second kappa shape index (κ2) is 5.10. The van der Waals surface area contributed by atoms with Crippen LogP contribution in [0, 0.1) is 13.8 Å². The van der Waals surface area contributed by atoms with E-state index in [0.717, 1.165) is 10.4 Å². The van der Waals surface area contributed by atoms with E-state index in [0.29, 0.717) is 16.6 Å². The average Bonchev–Trinajstić information content (AvgIpc) is 2.69. The minimum Gasteiger partial charge on any atom is -0.292 e. The number of fused-ring (bicyclic) bond motifs is 1. The zero-order valence-electron chi connectivity index (χ0n) is 11.1.